The van der Waals surface area contributed by atoms with Crippen molar-refractivity contribution in [1.82, 2.24) is 15.0 Å². The molecule has 0 aliphatic carbocycles. The summed E-state index contributed by atoms with van der Waals surface area (Å²) in [5.41, 5.74) is 3.95. The standard InChI is InChI=1S/C14H19N3O/c1-4-5-17-13(9-15-16-17)14(18)12-7-10(2)6-11(3)8-12/h6-9,14,18H,4-5H2,1-3H3. The van der Waals surface area contributed by atoms with Gasteiger partial charge in [0.15, 0.2) is 0 Å². The van der Waals surface area contributed by atoms with Gasteiger partial charge in [0.25, 0.3) is 0 Å². The van der Waals surface area contributed by atoms with Crippen molar-refractivity contribution in [2.45, 2.75) is 39.8 Å². The summed E-state index contributed by atoms with van der Waals surface area (Å²) in [4.78, 5) is 0. The second-order valence-electron chi connectivity index (χ2n) is 4.71. The van der Waals surface area contributed by atoms with Crippen LogP contribution in [-0.4, -0.2) is 20.1 Å². The molecule has 0 aliphatic heterocycles. The predicted molar refractivity (Wildman–Crippen MR) is 70.3 cm³/mol. The van der Waals surface area contributed by atoms with E-state index < -0.39 is 6.10 Å². The molecule has 4 heteroatoms. The number of benzene rings is 1. The van der Waals surface area contributed by atoms with Gasteiger partial charge < -0.3 is 5.11 Å². The highest BCUT2D eigenvalue weighted by atomic mass is 16.3. The van der Waals surface area contributed by atoms with E-state index in [0.29, 0.717) is 0 Å². The monoisotopic (exact) mass is 245 g/mol. The van der Waals surface area contributed by atoms with Crippen LogP contribution in [0.25, 0.3) is 0 Å². The molecule has 1 atom stereocenters. The number of hydrogen-bond donors (Lipinski definition) is 1. The molecule has 1 aromatic carbocycles. The average Bonchev–Trinajstić information content (AvgIpc) is 2.75. The topological polar surface area (TPSA) is 50.9 Å². The van der Waals surface area contributed by atoms with Crippen molar-refractivity contribution in [2.24, 2.45) is 0 Å². The van der Waals surface area contributed by atoms with Crippen LogP contribution in [0, 0.1) is 13.8 Å². The molecule has 0 radical (unpaired) electrons. The van der Waals surface area contributed by atoms with E-state index in [0.717, 1.165) is 35.3 Å². The van der Waals surface area contributed by atoms with Gasteiger partial charge >= 0.3 is 0 Å². The summed E-state index contributed by atoms with van der Waals surface area (Å²) < 4.78 is 1.77. The van der Waals surface area contributed by atoms with Crippen LogP contribution in [0.3, 0.4) is 0 Å². The van der Waals surface area contributed by atoms with Crippen molar-refractivity contribution in [3.05, 3.63) is 46.8 Å². The normalized spacial score (nSPS) is 12.7. The highest BCUT2D eigenvalue weighted by Gasteiger charge is 2.16. The van der Waals surface area contributed by atoms with E-state index >= 15 is 0 Å². The smallest absolute Gasteiger partial charge is 0.122 e. The van der Waals surface area contributed by atoms with E-state index in [1.165, 1.54) is 0 Å². The Labute approximate surface area is 107 Å². The maximum atomic E-state index is 10.4. The van der Waals surface area contributed by atoms with Gasteiger partial charge in [-0.15, -0.1) is 5.10 Å². The van der Waals surface area contributed by atoms with E-state index in [2.05, 4.69) is 23.3 Å². The molecule has 4 nitrogen and oxygen atoms in total. The molecule has 96 valence electrons. The van der Waals surface area contributed by atoms with Crippen LogP contribution in [0.5, 0.6) is 0 Å². The fourth-order valence-corrected chi connectivity index (χ4v) is 2.20. The minimum absolute atomic E-state index is 0.662. The Morgan fingerprint density at radius 1 is 1.22 bits per heavy atom. The summed E-state index contributed by atoms with van der Waals surface area (Å²) in [5.74, 6) is 0. The largest absolute Gasteiger partial charge is 0.382 e. The highest BCUT2D eigenvalue weighted by Crippen LogP contribution is 2.23. The molecule has 1 unspecified atom stereocenters. The molecule has 2 aromatic rings. The first kappa shape index (κ1) is 12.8. The predicted octanol–water partition coefficient (Wildman–Crippen LogP) is 2.39. The van der Waals surface area contributed by atoms with Crippen molar-refractivity contribution in [2.75, 3.05) is 0 Å². The Morgan fingerprint density at radius 2 is 1.89 bits per heavy atom. The lowest BCUT2D eigenvalue weighted by Crippen LogP contribution is -2.10. The van der Waals surface area contributed by atoms with Crippen LogP contribution in [0.2, 0.25) is 0 Å². The summed E-state index contributed by atoms with van der Waals surface area (Å²) in [6.45, 7) is 6.92. The van der Waals surface area contributed by atoms with Gasteiger partial charge in [-0.3, -0.25) is 0 Å². The third kappa shape index (κ3) is 2.59. The lowest BCUT2D eigenvalue weighted by atomic mass is 10.0. The van der Waals surface area contributed by atoms with Crippen molar-refractivity contribution in [3.8, 4) is 0 Å². The Balaban J connectivity index is 2.34. The fourth-order valence-electron chi connectivity index (χ4n) is 2.20. The molecule has 0 aliphatic rings. The van der Waals surface area contributed by atoms with Crippen LogP contribution in [0.1, 0.15) is 41.8 Å². The molecule has 0 bridgehead atoms. The minimum Gasteiger partial charge on any atom is -0.382 e. The number of aliphatic hydroxyl groups excluding tert-OH is 1. The highest BCUT2D eigenvalue weighted by molar-refractivity contribution is 5.33. The van der Waals surface area contributed by atoms with Crippen molar-refractivity contribution in [1.29, 1.82) is 0 Å². The molecule has 1 heterocycles. The van der Waals surface area contributed by atoms with E-state index in [1.807, 2.05) is 26.0 Å². The van der Waals surface area contributed by atoms with Gasteiger partial charge in [0.1, 0.15) is 6.10 Å². The van der Waals surface area contributed by atoms with Gasteiger partial charge in [0.2, 0.25) is 0 Å². The summed E-state index contributed by atoms with van der Waals surface area (Å²) >= 11 is 0. The molecular weight excluding hydrogens is 226 g/mol. The molecule has 0 saturated heterocycles. The van der Waals surface area contributed by atoms with Crippen LogP contribution in [0.15, 0.2) is 24.4 Å². The Bertz CT molecular complexity index is 513. The lowest BCUT2D eigenvalue weighted by Gasteiger charge is -2.13. The second kappa shape index (κ2) is 5.31. The van der Waals surface area contributed by atoms with E-state index in [-0.39, 0.29) is 0 Å². The van der Waals surface area contributed by atoms with Gasteiger partial charge in [-0.1, -0.05) is 41.5 Å². The minimum atomic E-state index is -0.662. The van der Waals surface area contributed by atoms with Crippen LogP contribution in [-0.2, 0) is 6.54 Å². The molecule has 18 heavy (non-hydrogen) atoms. The maximum absolute atomic E-state index is 10.4. The van der Waals surface area contributed by atoms with Crippen molar-refractivity contribution in [3.63, 3.8) is 0 Å². The Kier molecular flexibility index (Phi) is 3.77. The number of nitrogens with zero attached hydrogens (tertiary/aromatic N) is 3. The summed E-state index contributed by atoms with van der Waals surface area (Å²) in [6, 6.07) is 6.10. The zero-order chi connectivity index (χ0) is 13.1. The zero-order valence-corrected chi connectivity index (χ0v) is 11.1. The number of aromatic nitrogens is 3. The third-order valence-corrected chi connectivity index (χ3v) is 2.92. The summed E-state index contributed by atoms with van der Waals surface area (Å²) in [7, 11) is 0. The average molecular weight is 245 g/mol. The maximum Gasteiger partial charge on any atom is 0.122 e. The van der Waals surface area contributed by atoms with E-state index in [9.17, 15) is 5.11 Å². The first-order valence-corrected chi connectivity index (χ1v) is 6.26. The first-order valence-electron chi connectivity index (χ1n) is 6.26. The second-order valence-corrected chi connectivity index (χ2v) is 4.71. The van der Waals surface area contributed by atoms with Crippen LogP contribution >= 0.6 is 0 Å². The molecule has 1 N–H and O–H groups in total. The van der Waals surface area contributed by atoms with Crippen molar-refractivity contribution >= 4 is 0 Å². The molecule has 0 saturated carbocycles. The number of aliphatic hydroxyl groups is 1. The number of hydrogen-bond acceptors (Lipinski definition) is 3. The van der Waals surface area contributed by atoms with Crippen molar-refractivity contribution < 1.29 is 5.11 Å². The van der Waals surface area contributed by atoms with Crippen LogP contribution < -0.4 is 0 Å². The van der Waals surface area contributed by atoms with Gasteiger partial charge in [0, 0.05) is 6.54 Å². The molecular formula is C14H19N3O. The SMILES string of the molecule is CCCn1nncc1C(O)c1cc(C)cc(C)c1. The van der Waals surface area contributed by atoms with Gasteiger partial charge in [-0.25, -0.2) is 4.68 Å². The number of rotatable bonds is 4. The lowest BCUT2D eigenvalue weighted by molar-refractivity contribution is 0.207. The summed E-state index contributed by atoms with van der Waals surface area (Å²) in [6.07, 6.45) is 1.94. The van der Waals surface area contributed by atoms with Gasteiger partial charge in [-0.05, 0) is 25.8 Å². The Morgan fingerprint density at radius 3 is 2.50 bits per heavy atom. The van der Waals surface area contributed by atoms with Crippen LogP contribution in [0.4, 0.5) is 0 Å². The molecule has 0 amide bonds. The fraction of sp³-hybridized carbons (Fsp3) is 0.429. The first-order chi connectivity index (χ1) is 8.61. The molecule has 0 spiro atoms. The number of aryl methyl sites for hydroxylation is 3. The third-order valence-electron chi connectivity index (χ3n) is 2.92. The molecule has 1 aromatic heterocycles. The Hall–Kier alpha value is -1.68. The van der Waals surface area contributed by atoms with Gasteiger partial charge in [0.05, 0.1) is 11.9 Å². The molecule has 2 rings (SSSR count). The van der Waals surface area contributed by atoms with E-state index in [4.69, 9.17) is 0 Å². The van der Waals surface area contributed by atoms with E-state index in [1.54, 1.807) is 10.9 Å². The quantitative estimate of drug-likeness (QED) is 0.899. The summed E-state index contributed by atoms with van der Waals surface area (Å²) in [5, 5.41) is 18.3. The zero-order valence-electron chi connectivity index (χ0n) is 11.1. The molecule has 0 fully saturated rings. The van der Waals surface area contributed by atoms with Gasteiger partial charge in [-0.2, -0.15) is 0 Å².